The quantitative estimate of drug-likeness (QED) is 0.354. The van der Waals surface area contributed by atoms with E-state index in [4.69, 9.17) is 0 Å². The summed E-state index contributed by atoms with van der Waals surface area (Å²) in [5.41, 5.74) is 5.42. The van der Waals surface area contributed by atoms with Crippen LogP contribution in [-0.4, -0.2) is 29.8 Å². The van der Waals surface area contributed by atoms with E-state index in [-0.39, 0.29) is 11.4 Å². The second kappa shape index (κ2) is 8.11. The van der Waals surface area contributed by atoms with E-state index in [1.54, 1.807) is 45.3 Å². The summed E-state index contributed by atoms with van der Waals surface area (Å²) < 4.78 is 0. The molecule has 0 radical (unpaired) electrons. The third-order valence-corrected chi connectivity index (χ3v) is 4.35. The smallest absolute Gasteiger partial charge is 0.258 e. The van der Waals surface area contributed by atoms with Gasteiger partial charge < -0.3 is 0 Å². The number of fused-ring (bicyclic) bond motifs is 2. The van der Waals surface area contributed by atoms with Gasteiger partial charge in [-0.1, -0.05) is 0 Å². The Labute approximate surface area is 171 Å². The number of hydrogen-bond acceptors (Lipinski definition) is 8. The predicted molar refractivity (Wildman–Crippen MR) is 111 cm³/mol. The van der Waals surface area contributed by atoms with Gasteiger partial charge in [0.15, 0.2) is 0 Å². The molecule has 2 aromatic carbocycles. The molecular weight excluding hydrogens is 388 g/mol. The predicted octanol–water partition coefficient (Wildman–Crippen LogP) is 4.31. The fourth-order valence-corrected chi connectivity index (χ4v) is 2.88. The highest BCUT2D eigenvalue weighted by Gasteiger charge is 2.13. The standard InChI is InChI=1S/2C10H9N3O2/c1-6-3-9-8(4-10(6)13(14)15)11-5-7(2)12-9;1-6-3-8-9(4-10(6)13(14)15)12-7(2)5-11-8/h2*3-5H,1-2H3. The highest BCUT2D eigenvalue weighted by molar-refractivity contribution is 5.79. The molecule has 0 aliphatic carbocycles. The molecule has 0 fully saturated rings. The van der Waals surface area contributed by atoms with Gasteiger partial charge in [0.05, 0.1) is 43.3 Å². The number of nitro benzene ring substituents is 2. The van der Waals surface area contributed by atoms with Crippen molar-refractivity contribution in [3.8, 4) is 0 Å². The molecule has 0 unspecified atom stereocenters. The fraction of sp³-hybridized carbons (Fsp3) is 0.200. The van der Waals surface area contributed by atoms with Gasteiger partial charge >= 0.3 is 0 Å². The molecule has 0 bridgehead atoms. The molecule has 2 aromatic heterocycles. The number of nitro groups is 2. The number of benzene rings is 2. The summed E-state index contributed by atoms with van der Waals surface area (Å²) in [5, 5.41) is 21.4. The minimum absolute atomic E-state index is 0.0839. The van der Waals surface area contributed by atoms with Gasteiger partial charge in [-0.2, -0.15) is 0 Å². The molecule has 0 spiro atoms. The first-order valence-electron chi connectivity index (χ1n) is 8.92. The van der Waals surface area contributed by atoms with E-state index in [2.05, 4.69) is 19.9 Å². The lowest BCUT2D eigenvalue weighted by molar-refractivity contribution is -0.385. The molecule has 0 amide bonds. The topological polar surface area (TPSA) is 138 Å². The van der Waals surface area contributed by atoms with Crippen molar-refractivity contribution < 1.29 is 9.85 Å². The summed E-state index contributed by atoms with van der Waals surface area (Å²) in [4.78, 5) is 37.3. The maximum Gasteiger partial charge on any atom is 0.274 e. The first kappa shape index (κ1) is 20.6. The van der Waals surface area contributed by atoms with Crippen molar-refractivity contribution in [1.29, 1.82) is 0 Å². The van der Waals surface area contributed by atoms with Gasteiger partial charge in [-0.15, -0.1) is 0 Å². The lowest BCUT2D eigenvalue weighted by Crippen LogP contribution is -1.94. The van der Waals surface area contributed by atoms with E-state index in [0.29, 0.717) is 33.2 Å². The minimum Gasteiger partial charge on any atom is -0.258 e. The number of hydrogen-bond donors (Lipinski definition) is 0. The van der Waals surface area contributed by atoms with Gasteiger partial charge in [-0.05, 0) is 39.8 Å². The summed E-state index contributed by atoms with van der Waals surface area (Å²) in [5.74, 6) is 0. The van der Waals surface area contributed by atoms with Crippen molar-refractivity contribution in [3.63, 3.8) is 0 Å². The summed E-state index contributed by atoms with van der Waals surface area (Å²) in [6, 6.07) is 6.29. The van der Waals surface area contributed by atoms with Crippen LogP contribution >= 0.6 is 0 Å². The van der Waals surface area contributed by atoms with Crippen LogP contribution < -0.4 is 0 Å². The Morgan fingerprint density at radius 1 is 0.633 bits per heavy atom. The van der Waals surface area contributed by atoms with E-state index >= 15 is 0 Å². The lowest BCUT2D eigenvalue weighted by atomic mass is 10.1. The van der Waals surface area contributed by atoms with Crippen LogP contribution in [0.15, 0.2) is 36.7 Å². The van der Waals surface area contributed by atoms with Crippen LogP contribution in [0.5, 0.6) is 0 Å². The van der Waals surface area contributed by atoms with Gasteiger partial charge in [-0.25, -0.2) is 9.97 Å². The molecule has 0 saturated carbocycles. The van der Waals surface area contributed by atoms with Crippen molar-refractivity contribution in [2.24, 2.45) is 0 Å². The molecule has 0 aliphatic heterocycles. The highest BCUT2D eigenvalue weighted by Crippen LogP contribution is 2.23. The van der Waals surface area contributed by atoms with Gasteiger partial charge in [0.25, 0.3) is 11.4 Å². The first-order chi connectivity index (χ1) is 14.2. The monoisotopic (exact) mass is 406 g/mol. The second-order valence-corrected chi connectivity index (χ2v) is 6.79. The van der Waals surface area contributed by atoms with Crippen molar-refractivity contribution in [1.82, 2.24) is 19.9 Å². The third kappa shape index (κ3) is 4.32. The highest BCUT2D eigenvalue weighted by atomic mass is 16.6. The van der Waals surface area contributed by atoms with Crippen molar-refractivity contribution >= 4 is 33.4 Å². The van der Waals surface area contributed by atoms with Gasteiger partial charge in [0.2, 0.25) is 0 Å². The molecule has 0 N–H and O–H groups in total. The zero-order valence-electron chi connectivity index (χ0n) is 16.8. The molecule has 30 heavy (non-hydrogen) atoms. The SMILES string of the molecule is Cc1cnc2cc(C)c([N+](=O)[O-])cc2n1.Cc1cnc2cc([N+](=O)[O-])c(C)cc2n1. The molecule has 10 heteroatoms. The van der Waals surface area contributed by atoms with E-state index in [1.807, 2.05) is 6.92 Å². The van der Waals surface area contributed by atoms with Crippen LogP contribution in [0.2, 0.25) is 0 Å². The maximum atomic E-state index is 10.7. The van der Waals surface area contributed by atoms with E-state index in [9.17, 15) is 20.2 Å². The molecule has 10 nitrogen and oxygen atoms in total. The number of aryl methyl sites for hydroxylation is 4. The van der Waals surface area contributed by atoms with Crippen LogP contribution in [0, 0.1) is 47.9 Å². The zero-order chi connectivity index (χ0) is 22.0. The average Bonchev–Trinajstić information content (AvgIpc) is 2.67. The molecule has 0 aliphatic rings. The third-order valence-electron chi connectivity index (χ3n) is 4.35. The lowest BCUT2D eigenvalue weighted by Gasteiger charge is -2.00. The Morgan fingerprint density at radius 3 is 1.47 bits per heavy atom. The van der Waals surface area contributed by atoms with E-state index in [1.165, 1.54) is 12.1 Å². The van der Waals surface area contributed by atoms with E-state index in [0.717, 1.165) is 11.4 Å². The van der Waals surface area contributed by atoms with Crippen LogP contribution in [0.4, 0.5) is 11.4 Å². The summed E-state index contributed by atoms with van der Waals surface area (Å²) in [6.07, 6.45) is 3.25. The molecular formula is C20H18N6O4. The fourth-order valence-electron chi connectivity index (χ4n) is 2.88. The first-order valence-corrected chi connectivity index (χ1v) is 8.92. The molecule has 4 rings (SSSR count). The van der Waals surface area contributed by atoms with Crippen LogP contribution in [-0.2, 0) is 0 Å². The van der Waals surface area contributed by atoms with Crippen molar-refractivity contribution in [3.05, 3.63) is 79.4 Å². The number of nitrogens with zero attached hydrogens (tertiary/aromatic N) is 6. The van der Waals surface area contributed by atoms with Crippen molar-refractivity contribution in [2.45, 2.75) is 27.7 Å². The summed E-state index contributed by atoms with van der Waals surface area (Å²) in [6.45, 7) is 7.03. The zero-order valence-corrected chi connectivity index (χ0v) is 16.8. The van der Waals surface area contributed by atoms with Crippen LogP contribution in [0.25, 0.3) is 22.1 Å². The Kier molecular flexibility index (Phi) is 5.58. The average molecular weight is 406 g/mol. The largest absolute Gasteiger partial charge is 0.274 e. The Balaban J connectivity index is 0.000000171. The Hall–Kier alpha value is -4.08. The second-order valence-electron chi connectivity index (χ2n) is 6.79. The minimum atomic E-state index is -0.406. The van der Waals surface area contributed by atoms with Crippen molar-refractivity contribution in [2.75, 3.05) is 0 Å². The van der Waals surface area contributed by atoms with Crippen LogP contribution in [0.1, 0.15) is 22.5 Å². The summed E-state index contributed by atoms with van der Waals surface area (Å²) >= 11 is 0. The molecule has 4 aromatic rings. The summed E-state index contributed by atoms with van der Waals surface area (Å²) in [7, 11) is 0. The normalized spacial score (nSPS) is 10.5. The van der Waals surface area contributed by atoms with Crippen LogP contribution in [0.3, 0.4) is 0 Å². The number of aromatic nitrogens is 4. The molecule has 2 heterocycles. The Bertz CT molecular complexity index is 1310. The molecule has 0 saturated heterocycles. The number of rotatable bonds is 2. The van der Waals surface area contributed by atoms with E-state index < -0.39 is 9.85 Å². The molecule has 152 valence electrons. The van der Waals surface area contributed by atoms with Gasteiger partial charge in [-0.3, -0.25) is 30.2 Å². The Morgan fingerprint density at radius 2 is 1.00 bits per heavy atom. The van der Waals surface area contributed by atoms with Gasteiger partial charge in [0, 0.05) is 35.7 Å². The maximum absolute atomic E-state index is 10.7. The molecule has 0 atom stereocenters. The van der Waals surface area contributed by atoms with Gasteiger partial charge in [0.1, 0.15) is 0 Å².